The maximum atomic E-state index is 13.2. The summed E-state index contributed by atoms with van der Waals surface area (Å²) in [6, 6.07) is 16.2. The number of piperidine rings is 1. The van der Waals surface area contributed by atoms with Gasteiger partial charge in [0.1, 0.15) is 0 Å². The van der Waals surface area contributed by atoms with Crippen molar-refractivity contribution < 1.29 is 4.79 Å². The third-order valence-corrected chi connectivity index (χ3v) is 7.42. The van der Waals surface area contributed by atoms with Crippen molar-refractivity contribution in [2.45, 2.75) is 12.8 Å². The van der Waals surface area contributed by atoms with Gasteiger partial charge in [0.25, 0.3) is 0 Å². The van der Waals surface area contributed by atoms with Crippen LogP contribution in [0.2, 0.25) is 5.02 Å². The molecule has 30 heavy (non-hydrogen) atoms. The highest BCUT2D eigenvalue weighted by Gasteiger charge is 2.32. The van der Waals surface area contributed by atoms with E-state index in [-0.39, 0.29) is 5.92 Å². The van der Waals surface area contributed by atoms with Crippen LogP contribution in [0.15, 0.2) is 48.5 Å². The molecule has 0 aliphatic carbocycles. The zero-order valence-corrected chi connectivity index (χ0v) is 18.4. The van der Waals surface area contributed by atoms with Gasteiger partial charge in [0.2, 0.25) is 5.91 Å². The van der Waals surface area contributed by atoms with Gasteiger partial charge in [-0.05, 0) is 43.2 Å². The molecule has 0 bridgehead atoms. The number of amides is 1. The highest BCUT2D eigenvalue weighted by Crippen LogP contribution is 2.32. The third kappa shape index (κ3) is 3.98. The molecule has 0 radical (unpaired) electrons. The Balaban J connectivity index is 1.22. The summed E-state index contributed by atoms with van der Waals surface area (Å²) in [6.45, 7) is 4.98. The van der Waals surface area contributed by atoms with Gasteiger partial charge in [0.15, 0.2) is 5.13 Å². The predicted molar refractivity (Wildman–Crippen MR) is 125 cm³/mol. The number of hydrogen-bond donors (Lipinski definition) is 0. The van der Waals surface area contributed by atoms with Gasteiger partial charge >= 0.3 is 0 Å². The fraction of sp³-hybridized carbons (Fsp3) is 0.391. The SMILES string of the molecule is O=C(C1CCCN(c2nc3ccccc3s2)C1)N1CCN(c2cccc(Cl)c2)CC1. The first-order chi connectivity index (χ1) is 14.7. The normalized spacial score (nSPS) is 20.0. The van der Waals surface area contributed by atoms with Gasteiger partial charge in [0, 0.05) is 50.0 Å². The molecule has 2 fully saturated rings. The van der Waals surface area contributed by atoms with Crippen molar-refractivity contribution in [2.75, 3.05) is 49.1 Å². The van der Waals surface area contributed by atoms with Crippen molar-refractivity contribution in [1.82, 2.24) is 9.88 Å². The van der Waals surface area contributed by atoms with E-state index in [4.69, 9.17) is 16.6 Å². The van der Waals surface area contributed by atoms with Crippen LogP contribution in [0.4, 0.5) is 10.8 Å². The van der Waals surface area contributed by atoms with Crippen molar-refractivity contribution in [1.29, 1.82) is 0 Å². The van der Waals surface area contributed by atoms with Crippen molar-refractivity contribution in [3.63, 3.8) is 0 Å². The summed E-state index contributed by atoms with van der Waals surface area (Å²) in [4.78, 5) is 24.7. The molecule has 2 saturated heterocycles. The lowest BCUT2D eigenvalue weighted by Gasteiger charge is -2.39. The number of anilines is 2. The van der Waals surface area contributed by atoms with Gasteiger partial charge in [-0.3, -0.25) is 4.79 Å². The van der Waals surface area contributed by atoms with Crippen LogP contribution in [0.5, 0.6) is 0 Å². The number of hydrogen-bond acceptors (Lipinski definition) is 5. The molecule has 3 heterocycles. The van der Waals surface area contributed by atoms with Crippen molar-refractivity contribution in [3.8, 4) is 0 Å². The molecule has 2 aliphatic rings. The first-order valence-corrected chi connectivity index (χ1v) is 11.8. The fourth-order valence-electron chi connectivity index (χ4n) is 4.46. The smallest absolute Gasteiger partial charge is 0.227 e. The molecule has 1 atom stereocenters. The van der Waals surface area contributed by atoms with E-state index in [9.17, 15) is 4.79 Å². The Kier molecular flexibility index (Phi) is 5.52. The van der Waals surface area contributed by atoms with Gasteiger partial charge in [0.05, 0.1) is 16.1 Å². The Hall–Kier alpha value is -2.31. The Morgan fingerprint density at radius 1 is 1.00 bits per heavy atom. The summed E-state index contributed by atoms with van der Waals surface area (Å²) >= 11 is 7.86. The minimum atomic E-state index is 0.0588. The number of rotatable bonds is 3. The average Bonchev–Trinajstić information content (AvgIpc) is 3.23. The van der Waals surface area contributed by atoms with Gasteiger partial charge in [-0.25, -0.2) is 4.98 Å². The molecule has 0 spiro atoms. The lowest BCUT2D eigenvalue weighted by Crippen LogP contribution is -2.52. The van der Waals surface area contributed by atoms with Crippen molar-refractivity contribution >= 4 is 49.9 Å². The summed E-state index contributed by atoms with van der Waals surface area (Å²) in [7, 11) is 0. The largest absolute Gasteiger partial charge is 0.368 e. The monoisotopic (exact) mass is 440 g/mol. The van der Waals surface area contributed by atoms with Gasteiger partial charge in [-0.2, -0.15) is 0 Å². The molecule has 0 saturated carbocycles. The highest BCUT2D eigenvalue weighted by molar-refractivity contribution is 7.22. The number of thiazole rings is 1. The highest BCUT2D eigenvalue weighted by atomic mass is 35.5. The summed E-state index contributed by atoms with van der Waals surface area (Å²) < 4.78 is 1.21. The lowest BCUT2D eigenvalue weighted by molar-refractivity contribution is -0.136. The standard InChI is InChI=1S/C23H25ClN4OS/c24-18-6-3-7-19(15-18)26-11-13-27(14-12-26)22(29)17-5-4-10-28(16-17)23-25-20-8-1-2-9-21(20)30-23/h1-3,6-9,15,17H,4-5,10-14,16H2. The van der Waals surface area contributed by atoms with Crippen LogP contribution in [-0.4, -0.2) is 55.1 Å². The second-order valence-electron chi connectivity index (χ2n) is 8.04. The molecule has 1 unspecified atom stereocenters. The molecular weight excluding hydrogens is 416 g/mol. The Morgan fingerprint density at radius 2 is 1.83 bits per heavy atom. The van der Waals surface area contributed by atoms with Gasteiger partial charge < -0.3 is 14.7 Å². The van der Waals surface area contributed by atoms with E-state index in [0.717, 1.165) is 73.5 Å². The number of nitrogens with zero attached hydrogens (tertiary/aromatic N) is 4. The molecule has 156 valence electrons. The van der Waals surface area contributed by atoms with Crippen LogP contribution >= 0.6 is 22.9 Å². The topological polar surface area (TPSA) is 39.7 Å². The quantitative estimate of drug-likeness (QED) is 0.600. The maximum absolute atomic E-state index is 13.2. The first kappa shape index (κ1) is 19.6. The van der Waals surface area contributed by atoms with E-state index in [1.807, 2.05) is 29.2 Å². The Bertz CT molecular complexity index is 1010. The van der Waals surface area contributed by atoms with E-state index in [2.05, 4.69) is 34.1 Å². The molecule has 1 aromatic heterocycles. The number of para-hydroxylation sites is 1. The van der Waals surface area contributed by atoms with Crippen molar-refractivity contribution in [2.24, 2.45) is 5.92 Å². The van der Waals surface area contributed by atoms with Gasteiger partial charge in [-0.1, -0.05) is 41.1 Å². The summed E-state index contributed by atoms with van der Waals surface area (Å²) in [5, 5.41) is 1.79. The molecule has 7 heteroatoms. The predicted octanol–water partition coefficient (Wildman–Crippen LogP) is 4.51. The molecule has 5 nitrogen and oxygen atoms in total. The summed E-state index contributed by atoms with van der Waals surface area (Å²) in [5.74, 6) is 0.357. The molecule has 2 aliphatic heterocycles. The van der Waals surface area contributed by atoms with Crippen LogP contribution in [0.25, 0.3) is 10.2 Å². The van der Waals surface area contributed by atoms with Crippen LogP contribution in [0, 0.1) is 5.92 Å². The second kappa shape index (κ2) is 8.44. The minimum Gasteiger partial charge on any atom is -0.368 e. The number of benzene rings is 2. The van der Waals surface area contributed by atoms with Crippen LogP contribution in [0.3, 0.4) is 0 Å². The van der Waals surface area contributed by atoms with Gasteiger partial charge in [-0.15, -0.1) is 0 Å². The molecule has 1 amide bonds. The van der Waals surface area contributed by atoms with Crippen LogP contribution in [-0.2, 0) is 4.79 Å². The molecule has 0 N–H and O–H groups in total. The number of carbonyl (C=O) groups excluding carboxylic acids is 1. The zero-order chi connectivity index (χ0) is 20.5. The summed E-state index contributed by atoms with van der Waals surface area (Å²) in [6.07, 6.45) is 2.00. The maximum Gasteiger partial charge on any atom is 0.227 e. The first-order valence-electron chi connectivity index (χ1n) is 10.6. The molecule has 2 aromatic carbocycles. The van der Waals surface area contributed by atoms with Crippen molar-refractivity contribution in [3.05, 3.63) is 53.6 Å². The molecular formula is C23H25ClN4OS. The Labute approximate surface area is 185 Å². The summed E-state index contributed by atoms with van der Waals surface area (Å²) in [5.41, 5.74) is 2.18. The van der Waals surface area contributed by atoms with E-state index in [1.54, 1.807) is 11.3 Å². The average molecular weight is 441 g/mol. The third-order valence-electron chi connectivity index (χ3n) is 6.09. The zero-order valence-electron chi connectivity index (χ0n) is 16.8. The number of fused-ring (bicyclic) bond motifs is 1. The van der Waals surface area contributed by atoms with E-state index >= 15 is 0 Å². The van der Waals surface area contributed by atoms with E-state index < -0.39 is 0 Å². The van der Waals surface area contributed by atoms with Crippen LogP contribution in [0.1, 0.15) is 12.8 Å². The lowest BCUT2D eigenvalue weighted by atomic mass is 9.96. The number of carbonyl (C=O) groups is 1. The van der Waals surface area contributed by atoms with E-state index in [0.29, 0.717) is 5.91 Å². The van der Waals surface area contributed by atoms with E-state index in [1.165, 1.54) is 4.70 Å². The number of halogens is 1. The minimum absolute atomic E-state index is 0.0588. The second-order valence-corrected chi connectivity index (χ2v) is 9.49. The number of aromatic nitrogens is 1. The fourth-order valence-corrected chi connectivity index (χ4v) is 5.65. The molecule has 3 aromatic rings. The van der Waals surface area contributed by atoms with Crippen LogP contribution < -0.4 is 9.80 Å². The Morgan fingerprint density at radius 3 is 2.63 bits per heavy atom. The molecule has 5 rings (SSSR count). The number of piperazine rings is 1.